The van der Waals surface area contributed by atoms with Gasteiger partial charge in [0.05, 0.1) is 0 Å². The van der Waals surface area contributed by atoms with E-state index in [9.17, 15) is 0 Å². The average molecular weight is 1760 g/mol. The molecular formula is H57P55. The zero-order valence-electron chi connectivity index (χ0n) is 28.3. The molecule has 0 bridgehead atoms. The maximum atomic E-state index is 3.50. The topological polar surface area (TPSA) is 0 Å². The van der Waals surface area contributed by atoms with E-state index >= 15 is 0 Å². The quantitative estimate of drug-likeness (QED) is 0.0757. The summed E-state index contributed by atoms with van der Waals surface area (Å²) >= 11 is 0. The van der Waals surface area contributed by atoms with Crippen LogP contribution in [0.5, 0.6) is 0 Å². The molecule has 0 aromatic carbocycles. The van der Waals surface area contributed by atoms with Crippen LogP contribution in [0.4, 0.5) is 0 Å². The van der Waals surface area contributed by atoms with E-state index in [0.29, 0.717) is 0 Å². The Balaban J connectivity index is 9.42. The van der Waals surface area contributed by atoms with Crippen LogP contribution in [-0.4, -0.2) is 0 Å². The molecule has 0 aliphatic heterocycles. The number of rotatable bonds is 26. The molecule has 0 saturated heterocycles. The SMILES string of the molecule is PP(P)P(P(P)P)P(PP(P(P(P(P)P)P(P)P)P(P(P)P)P(P)P)P(P(P(P)P)P(P)P)P(P(P)P)P(P)P)P(P(P(P)P)P(P)P)P(P(P)P)P(P)P. The van der Waals surface area contributed by atoms with Crippen molar-refractivity contribution in [2.24, 2.45) is 0 Å². The normalized spacial score (nSPS) is 15.2. The zero-order valence-corrected chi connectivity index (χ0v) is 84.9. The first-order valence-corrected chi connectivity index (χ1v) is 112. The van der Waals surface area contributed by atoms with Gasteiger partial charge in [-0.15, -0.1) is 250 Å². The molecule has 0 spiro atoms. The molecule has 0 aromatic heterocycles. The molecule has 55 heteroatoms. The molecule has 0 aliphatic carbocycles. The van der Waals surface area contributed by atoms with E-state index in [4.69, 9.17) is 0 Å². The van der Waals surface area contributed by atoms with Gasteiger partial charge in [-0.3, -0.25) is 0 Å². The van der Waals surface area contributed by atoms with Gasteiger partial charge in [0.2, 0.25) is 0 Å². The molecular weight excluding hydrogens is 1700 g/mol. The molecule has 0 amide bonds. The first-order chi connectivity index (χ1) is 25.0. The molecule has 0 aromatic rings. The number of hydrogen-bond acceptors (Lipinski definition) is 0. The lowest BCUT2D eigenvalue weighted by molar-refractivity contribution is 4.39. The van der Waals surface area contributed by atoms with Crippen LogP contribution in [0.1, 0.15) is 0 Å². The maximum Gasteiger partial charge on any atom is -0.000962 e. The molecule has 0 heterocycles. The van der Waals surface area contributed by atoms with Crippen LogP contribution in [0.25, 0.3) is 0 Å². The maximum absolute atomic E-state index is 3.50. The Bertz CT molecular complexity index is 808. The van der Waals surface area contributed by atoms with E-state index in [2.05, 4.69) is 250 Å². The first-order valence-electron chi connectivity index (χ1n) is 12.5. The van der Waals surface area contributed by atoms with Gasteiger partial charge in [-0.25, -0.2) is 0 Å². The van der Waals surface area contributed by atoms with E-state index in [0.717, 1.165) is 0 Å². The van der Waals surface area contributed by atoms with Crippen molar-refractivity contribution < 1.29 is 0 Å². The van der Waals surface area contributed by atoms with Crippen molar-refractivity contribution in [2.75, 3.05) is 0 Å². The Morgan fingerprint density at radius 3 is 0.364 bits per heavy atom. The second-order valence-corrected chi connectivity index (χ2v) is 234. The van der Waals surface area contributed by atoms with Gasteiger partial charge in [-0.05, 0) is 190 Å². The molecule has 0 N–H and O–H groups in total. The summed E-state index contributed by atoms with van der Waals surface area (Å²) in [7, 11) is 98.6. The molecule has 332 valence electrons. The lowest BCUT2D eigenvalue weighted by atomic mass is 28.4. The van der Waals surface area contributed by atoms with Crippen LogP contribution < -0.4 is 0 Å². The Labute approximate surface area is 433 Å². The lowest BCUT2D eigenvalue weighted by Crippen LogP contribution is -1.67. The molecule has 0 aliphatic rings. The van der Waals surface area contributed by atoms with E-state index < -0.39 is 0 Å². The van der Waals surface area contributed by atoms with Gasteiger partial charge in [0.15, 0.2) is 0 Å². The zero-order chi connectivity index (χ0) is 43.7. The van der Waals surface area contributed by atoms with Crippen LogP contribution in [0.2, 0.25) is 0 Å². The predicted octanol–water partition coefficient (Wildman–Crippen LogP) is 32.1. The minimum atomic E-state index is -0.187. The van der Waals surface area contributed by atoms with Crippen LogP contribution in [-0.2, 0) is 0 Å². The fourth-order valence-electron chi connectivity index (χ4n) is 3.19. The van der Waals surface area contributed by atoms with Gasteiger partial charge in [-0.1, -0.05) is 0 Å². The summed E-state index contributed by atoms with van der Waals surface area (Å²) in [6, 6.07) is 0. The van der Waals surface area contributed by atoms with E-state index in [1.807, 2.05) is 0 Å². The third kappa shape index (κ3) is 29.1. The van der Waals surface area contributed by atoms with Crippen molar-refractivity contribution in [1.29, 1.82) is 0 Å². The second kappa shape index (κ2) is 43.3. The first kappa shape index (κ1) is 78.6. The van der Waals surface area contributed by atoms with Crippen molar-refractivity contribution in [3.63, 3.8) is 0 Å². The van der Waals surface area contributed by atoms with Gasteiger partial charge in [0, 0.05) is 0 Å². The molecule has 30 unspecified atom stereocenters. The van der Waals surface area contributed by atoms with Crippen molar-refractivity contribution in [1.82, 2.24) is 0 Å². The summed E-state index contributed by atoms with van der Waals surface area (Å²) in [6.45, 7) is -3.96. The predicted molar refractivity (Wildman–Crippen MR) is 460 cm³/mol. The highest BCUT2D eigenvalue weighted by Gasteiger charge is 2.55. The fraction of sp³-hybridized carbons (Fsp3) is 0. The molecule has 0 nitrogen and oxygen atoms in total. The van der Waals surface area contributed by atoms with Crippen molar-refractivity contribution >= 4 is 440 Å². The van der Waals surface area contributed by atoms with Gasteiger partial charge in [0.25, 0.3) is 0 Å². The number of hydrogen-bond donors (Lipinski definition) is 0. The lowest BCUT2D eigenvalue weighted by Gasteiger charge is -2.55. The fourth-order valence-corrected chi connectivity index (χ4v) is 776. The Kier molecular flexibility index (Phi) is 61.9. The van der Waals surface area contributed by atoms with Crippen LogP contribution in [0, 0.1) is 0 Å². The Hall–Kier alpha value is 23.6. The van der Waals surface area contributed by atoms with Crippen molar-refractivity contribution in [3.05, 3.63) is 0 Å². The van der Waals surface area contributed by atoms with Gasteiger partial charge < -0.3 is 0 Å². The summed E-state index contributed by atoms with van der Waals surface area (Å²) in [6.07, 6.45) is 0. The highest BCUT2D eigenvalue weighted by Crippen LogP contribution is 3.43. The molecule has 0 radical (unpaired) electrons. The van der Waals surface area contributed by atoms with Crippen LogP contribution in [0.15, 0.2) is 0 Å². The highest BCUT2D eigenvalue weighted by atomic mass is 33.5. The summed E-state index contributed by atoms with van der Waals surface area (Å²) < 4.78 is 0. The largest absolute Gasteiger partial charge is 0.102 e. The van der Waals surface area contributed by atoms with Crippen LogP contribution in [0.3, 0.4) is 0 Å². The van der Waals surface area contributed by atoms with Gasteiger partial charge in [-0.2, -0.15) is 0 Å². The van der Waals surface area contributed by atoms with E-state index in [1.165, 1.54) is 7.96 Å². The van der Waals surface area contributed by atoms with E-state index in [-0.39, 0.29) is 182 Å². The third-order valence-electron chi connectivity index (χ3n) is 4.71. The summed E-state index contributed by atoms with van der Waals surface area (Å²) in [5, 5.41) is 0. The molecule has 0 saturated carbocycles. The minimum Gasteiger partial charge on any atom is -0.102 e. The van der Waals surface area contributed by atoms with Crippen molar-refractivity contribution in [2.45, 2.75) is 0 Å². The van der Waals surface area contributed by atoms with E-state index in [1.54, 1.807) is 0 Å². The Morgan fingerprint density at radius 1 is 0.145 bits per heavy atom. The standard InChI is InChI=1S/H57P55/c1-30(2)46(31(3)4)44(53(47(32(5)6)33(7)8)48(34(9)10)35(11)12)29-45(54(49(36(13)14)37(15)16)50(38(17)18)39(19)20)55(51(40(21)22)41(23)24)52(42(25)26)43(27)28/h29H,1-28H2. The smallest absolute Gasteiger partial charge is 0.000962 e. The summed E-state index contributed by atoms with van der Waals surface area (Å²) in [4.78, 5) is 0. The Morgan fingerprint density at radius 2 is 0.255 bits per heavy atom. The highest BCUT2D eigenvalue weighted by molar-refractivity contribution is 9.49. The van der Waals surface area contributed by atoms with Crippen molar-refractivity contribution in [3.8, 4) is 0 Å². The molecule has 0 fully saturated rings. The van der Waals surface area contributed by atoms with Gasteiger partial charge in [0.1, 0.15) is 0 Å². The third-order valence-corrected chi connectivity index (χ3v) is 381. The second-order valence-electron chi connectivity index (χ2n) is 8.68. The average Bonchev–Trinajstić information content (AvgIpc) is 2.95. The monoisotopic (exact) mass is 1760 g/mol. The summed E-state index contributed by atoms with van der Waals surface area (Å²) in [5.74, 6) is 0. The van der Waals surface area contributed by atoms with Crippen LogP contribution >= 0.6 is 440 Å². The van der Waals surface area contributed by atoms with Gasteiger partial charge >= 0.3 is 0 Å². The molecule has 30 atom stereocenters. The molecule has 55 heavy (non-hydrogen) atoms. The summed E-state index contributed by atoms with van der Waals surface area (Å²) in [5.41, 5.74) is 0. The molecule has 0 rings (SSSR count). The minimum absolute atomic E-state index is 0.0954.